The molecule has 2 aromatic heterocycles. The number of benzene rings is 1. The highest BCUT2D eigenvalue weighted by Gasteiger charge is 2.19. The molecule has 3 heterocycles. The van der Waals surface area contributed by atoms with Crippen LogP contribution < -0.4 is 11.1 Å². The van der Waals surface area contributed by atoms with Gasteiger partial charge in [-0.2, -0.15) is 0 Å². The molecule has 6 nitrogen and oxygen atoms in total. The minimum atomic E-state index is 0. The van der Waals surface area contributed by atoms with Gasteiger partial charge in [-0.05, 0) is 87.8 Å². The monoisotopic (exact) mass is 447 g/mol. The SMILES string of the molecule is C.Cc1cc(C(=O)CCc2ccc3c(N)nccc3c2)c(NCC2CCN(C)CC2)nc1C. The number of fused-ring (bicyclic) bond motifs is 1. The predicted octanol–water partition coefficient (Wildman–Crippen LogP) is 5.03. The van der Waals surface area contributed by atoms with E-state index in [9.17, 15) is 4.79 Å². The first kappa shape index (κ1) is 24.6. The summed E-state index contributed by atoms with van der Waals surface area (Å²) in [6, 6.07) is 10.1. The molecule has 0 amide bonds. The number of nitrogens with two attached hydrogens (primary N) is 1. The summed E-state index contributed by atoms with van der Waals surface area (Å²) in [4.78, 5) is 24.4. The molecule has 1 aliphatic heterocycles. The number of anilines is 2. The molecule has 1 aliphatic rings. The Morgan fingerprint density at radius 1 is 1.18 bits per heavy atom. The fourth-order valence-corrected chi connectivity index (χ4v) is 4.36. The van der Waals surface area contributed by atoms with Crippen LogP contribution in [-0.4, -0.2) is 47.3 Å². The Hall–Kier alpha value is -2.99. The van der Waals surface area contributed by atoms with Crippen LogP contribution in [0, 0.1) is 19.8 Å². The number of Topliss-reactive ketones (excluding diaryl/α,β-unsaturated/α-hetero) is 1. The smallest absolute Gasteiger partial charge is 0.166 e. The van der Waals surface area contributed by atoms with Crippen molar-refractivity contribution >= 4 is 28.2 Å². The summed E-state index contributed by atoms with van der Waals surface area (Å²) in [7, 11) is 2.17. The molecule has 0 atom stereocenters. The Kier molecular flexibility index (Phi) is 8.03. The standard InChI is InChI=1S/C26H33N5O.CH4/c1-17-14-23(26(30-18(17)2)29-16-20-9-12-31(3)13-10-20)24(32)7-5-19-4-6-22-21(15-19)8-11-28-25(22)27;/h4,6,8,11,14-15,20H,5,7,9-10,12-13,16H2,1-3H3,(H2,27,28)(H,29,30);1H4. The van der Waals surface area contributed by atoms with E-state index < -0.39 is 0 Å². The number of nitrogens with one attached hydrogen (secondary N) is 1. The van der Waals surface area contributed by atoms with Crippen LogP contribution >= 0.6 is 0 Å². The van der Waals surface area contributed by atoms with Gasteiger partial charge in [0.25, 0.3) is 0 Å². The second-order valence-corrected chi connectivity index (χ2v) is 9.09. The lowest BCUT2D eigenvalue weighted by Crippen LogP contribution is -2.33. The summed E-state index contributed by atoms with van der Waals surface area (Å²) in [5.41, 5.74) is 9.79. The summed E-state index contributed by atoms with van der Waals surface area (Å²) >= 11 is 0. The molecule has 3 aromatic rings. The van der Waals surface area contributed by atoms with E-state index in [4.69, 9.17) is 10.7 Å². The van der Waals surface area contributed by atoms with Crippen molar-refractivity contribution in [1.82, 2.24) is 14.9 Å². The van der Waals surface area contributed by atoms with Crippen molar-refractivity contribution in [3.8, 4) is 0 Å². The number of aryl methyl sites for hydroxylation is 3. The van der Waals surface area contributed by atoms with Gasteiger partial charge in [0.05, 0.1) is 5.56 Å². The van der Waals surface area contributed by atoms with Crippen molar-refractivity contribution in [2.45, 2.75) is 47.0 Å². The molecule has 0 bridgehead atoms. The predicted molar refractivity (Wildman–Crippen MR) is 138 cm³/mol. The molecule has 3 N–H and O–H groups in total. The maximum atomic E-state index is 13.2. The van der Waals surface area contributed by atoms with E-state index >= 15 is 0 Å². The van der Waals surface area contributed by atoms with E-state index in [1.165, 1.54) is 12.8 Å². The van der Waals surface area contributed by atoms with Crippen LogP contribution in [0.15, 0.2) is 36.5 Å². The Balaban J connectivity index is 0.00000306. The van der Waals surface area contributed by atoms with Gasteiger partial charge in [0.15, 0.2) is 5.78 Å². The van der Waals surface area contributed by atoms with E-state index in [-0.39, 0.29) is 13.2 Å². The topological polar surface area (TPSA) is 84.1 Å². The molecule has 1 fully saturated rings. The van der Waals surface area contributed by atoms with Crippen molar-refractivity contribution in [2.75, 3.05) is 37.7 Å². The molecule has 176 valence electrons. The Morgan fingerprint density at radius 2 is 1.94 bits per heavy atom. The van der Waals surface area contributed by atoms with Crippen LogP contribution in [0.25, 0.3) is 10.8 Å². The van der Waals surface area contributed by atoms with Crippen LogP contribution in [0.5, 0.6) is 0 Å². The molecule has 4 rings (SSSR count). The van der Waals surface area contributed by atoms with Crippen molar-refractivity contribution in [1.29, 1.82) is 0 Å². The van der Waals surface area contributed by atoms with Crippen molar-refractivity contribution in [2.24, 2.45) is 5.92 Å². The van der Waals surface area contributed by atoms with E-state index in [1.807, 2.05) is 38.1 Å². The number of rotatable bonds is 7. The van der Waals surface area contributed by atoms with E-state index in [0.717, 1.165) is 53.0 Å². The molecule has 33 heavy (non-hydrogen) atoms. The largest absolute Gasteiger partial charge is 0.383 e. The van der Waals surface area contributed by atoms with Gasteiger partial charge in [-0.25, -0.2) is 9.97 Å². The molecule has 1 saturated heterocycles. The first-order valence-electron chi connectivity index (χ1n) is 11.5. The van der Waals surface area contributed by atoms with Crippen molar-refractivity contribution in [3.05, 3.63) is 58.9 Å². The minimum Gasteiger partial charge on any atom is -0.383 e. The van der Waals surface area contributed by atoms with Gasteiger partial charge >= 0.3 is 0 Å². The van der Waals surface area contributed by atoms with Gasteiger partial charge in [0, 0.05) is 30.2 Å². The number of hydrogen-bond donors (Lipinski definition) is 2. The number of piperidine rings is 1. The van der Waals surface area contributed by atoms with Crippen molar-refractivity contribution < 1.29 is 4.79 Å². The highest BCUT2D eigenvalue weighted by atomic mass is 16.1. The second kappa shape index (κ2) is 10.8. The average molecular weight is 448 g/mol. The zero-order valence-corrected chi connectivity index (χ0v) is 19.3. The average Bonchev–Trinajstić information content (AvgIpc) is 2.79. The fourth-order valence-electron chi connectivity index (χ4n) is 4.36. The Labute approximate surface area is 197 Å². The van der Waals surface area contributed by atoms with Crippen LogP contribution in [0.3, 0.4) is 0 Å². The maximum Gasteiger partial charge on any atom is 0.166 e. The molecule has 0 radical (unpaired) electrons. The number of hydrogen-bond acceptors (Lipinski definition) is 6. The van der Waals surface area contributed by atoms with Gasteiger partial charge in [-0.3, -0.25) is 4.79 Å². The minimum absolute atomic E-state index is 0. The van der Waals surface area contributed by atoms with Crippen LogP contribution in [0.4, 0.5) is 11.6 Å². The number of pyridine rings is 2. The lowest BCUT2D eigenvalue weighted by atomic mass is 9.96. The number of likely N-dealkylation sites (tertiary alicyclic amines) is 1. The molecular weight excluding hydrogens is 410 g/mol. The lowest BCUT2D eigenvalue weighted by Gasteiger charge is -2.29. The number of ketones is 1. The van der Waals surface area contributed by atoms with Crippen molar-refractivity contribution in [3.63, 3.8) is 0 Å². The summed E-state index contributed by atoms with van der Waals surface area (Å²) in [5.74, 6) is 2.01. The summed E-state index contributed by atoms with van der Waals surface area (Å²) in [6.07, 6.45) is 5.20. The normalized spacial score (nSPS) is 14.8. The van der Waals surface area contributed by atoms with Gasteiger partial charge < -0.3 is 16.0 Å². The third-order valence-electron chi connectivity index (χ3n) is 6.66. The number of nitrogen functional groups attached to an aromatic ring is 1. The van der Waals surface area contributed by atoms with Crippen LogP contribution in [0.1, 0.15) is 53.9 Å². The Bertz CT molecular complexity index is 1120. The fraction of sp³-hybridized carbons (Fsp3) is 0.444. The lowest BCUT2D eigenvalue weighted by molar-refractivity contribution is 0.0983. The molecule has 0 aliphatic carbocycles. The third kappa shape index (κ3) is 5.88. The first-order valence-corrected chi connectivity index (χ1v) is 11.5. The summed E-state index contributed by atoms with van der Waals surface area (Å²) < 4.78 is 0. The second-order valence-electron chi connectivity index (χ2n) is 9.09. The van der Waals surface area contributed by atoms with Gasteiger partial charge in [0.2, 0.25) is 0 Å². The molecule has 0 spiro atoms. The van der Waals surface area contributed by atoms with Gasteiger partial charge in [0.1, 0.15) is 11.6 Å². The Morgan fingerprint density at radius 3 is 2.70 bits per heavy atom. The van der Waals surface area contributed by atoms with E-state index in [2.05, 4.69) is 28.3 Å². The number of aromatic nitrogens is 2. The van der Waals surface area contributed by atoms with Gasteiger partial charge in [-0.1, -0.05) is 25.6 Å². The number of carbonyl (C=O) groups excluding carboxylic acids is 1. The first-order chi connectivity index (χ1) is 15.4. The molecule has 0 saturated carbocycles. The summed E-state index contributed by atoms with van der Waals surface area (Å²) in [5, 5.41) is 5.50. The van der Waals surface area contributed by atoms with Gasteiger partial charge in [-0.15, -0.1) is 0 Å². The van der Waals surface area contributed by atoms with E-state index in [0.29, 0.717) is 30.1 Å². The third-order valence-corrected chi connectivity index (χ3v) is 6.66. The highest BCUT2D eigenvalue weighted by molar-refractivity contribution is 6.01. The van der Waals surface area contributed by atoms with Crippen LogP contribution in [-0.2, 0) is 6.42 Å². The molecule has 0 unspecified atom stereocenters. The zero-order valence-electron chi connectivity index (χ0n) is 19.3. The van der Waals surface area contributed by atoms with E-state index in [1.54, 1.807) is 6.20 Å². The quantitative estimate of drug-likeness (QED) is 0.494. The molecule has 6 heteroatoms. The van der Waals surface area contributed by atoms with Crippen LogP contribution in [0.2, 0.25) is 0 Å². The summed E-state index contributed by atoms with van der Waals surface area (Å²) in [6.45, 7) is 7.14. The molecular formula is C27H37N5O. The number of nitrogens with zero attached hydrogens (tertiary/aromatic N) is 3. The maximum absolute atomic E-state index is 13.2. The number of carbonyl (C=O) groups is 1. The molecule has 1 aromatic carbocycles. The zero-order chi connectivity index (χ0) is 22.7. The highest BCUT2D eigenvalue weighted by Crippen LogP contribution is 2.24.